The van der Waals surface area contributed by atoms with E-state index < -0.39 is 11.7 Å². The van der Waals surface area contributed by atoms with Crippen molar-refractivity contribution < 1.29 is 23.0 Å². The Kier molecular flexibility index (Phi) is 8.35. The van der Waals surface area contributed by atoms with E-state index in [-0.39, 0.29) is 5.75 Å². The number of halogens is 4. The summed E-state index contributed by atoms with van der Waals surface area (Å²) in [6.45, 7) is 1.30. The highest BCUT2D eigenvalue weighted by molar-refractivity contribution is 6.32. The first-order chi connectivity index (χ1) is 11.3. The second-order valence-corrected chi connectivity index (χ2v) is 5.10. The lowest BCUT2D eigenvalue weighted by atomic mass is 10.3. The van der Waals surface area contributed by atoms with Crippen LogP contribution in [0.15, 0.2) is 42.7 Å². The number of hydrogen-bond acceptors (Lipinski definition) is 4. The van der Waals surface area contributed by atoms with E-state index in [1.165, 1.54) is 18.3 Å². The molecule has 24 heavy (non-hydrogen) atoms. The van der Waals surface area contributed by atoms with Gasteiger partial charge in [-0.25, -0.2) is 0 Å². The molecule has 1 aromatic carbocycles. The number of phenols is 1. The summed E-state index contributed by atoms with van der Waals surface area (Å²) in [4.78, 5) is 3.33. The third-order valence-electron chi connectivity index (χ3n) is 2.78. The summed E-state index contributed by atoms with van der Waals surface area (Å²) in [6.07, 6.45) is -0.301. The van der Waals surface area contributed by atoms with E-state index in [1.54, 1.807) is 12.1 Å². The summed E-state index contributed by atoms with van der Waals surface area (Å²) < 4.78 is 40.6. The molecular weight excluding hydrogens is 345 g/mol. The van der Waals surface area contributed by atoms with Crippen LogP contribution in [0, 0.1) is 0 Å². The molecule has 132 valence electrons. The smallest absolute Gasteiger partial charge is 0.417 e. The minimum atomic E-state index is -4.27. The fourth-order valence-electron chi connectivity index (χ4n) is 1.54. The number of rotatable bonds is 5. The predicted octanol–water partition coefficient (Wildman–Crippen LogP) is 4.26. The Labute approximate surface area is 143 Å². The third kappa shape index (κ3) is 7.52. The molecule has 0 amide bonds. The molecule has 0 saturated heterocycles. The summed E-state index contributed by atoms with van der Waals surface area (Å²) >= 11 is 5.70. The van der Waals surface area contributed by atoms with Crippen molar-refractivity contribution in [2.75, 3.05) is 13.2 Å². The SMILES string of the molecule is FC(F)(F)c1cccnc1.NCCCCOc1ccc(O)c(Cl)c1. The van der Waals surface area contributed by atoms with Crippen molar-refractivity contribution >= 4 is 11.6 Å². The van der Waals surface area contributed by atoms with E-state index in [0.29, 0.717) is 23.9 Å². The van der Waals surface area contributed by atoms with Gasteiger partial charge in [0.15, 0.2) is 0 Å². The number of pyridine rings is 1. The molecule has 0 aliphatic rings. The molecular formula is C16H18ClF3N2O2. The first kappa shape index (κ1) is 20.1. The summed E-state index contributed by atoms with van der Waals surface area (Å²) in [5.74, 6) is 0.741. The van der Waals surface area contributed by atoms with E-state index in [2.05, 4.69) is 4.98 Å². The van der Waals surface area contributed by atoms with Gasteiger partial charge < -0.3 is 15.6 Å². The maximum atomic E-state index is 11.7. The normalized spacial score (nSPS) is 10.7. The molecule has 0 saturated carbocycles. The van der Waals surface area contributed by atoms with Gasteiger partial charge in [0.05, 0.1) is 17.2 Å². The van der Waals surface area contributed by atoms with Gasteiger partial charge >= 0.3 is 6.18 Å². The maximum absolute atomic E-state index is 11.7. The lowest BCUT2D eigenvalue weighted by Gasteiger charge is -2.06. The summed E-state index contributed by atoms with van der Waals surface area (Å²) in [6, 6.07) is 7.03. The van der Waals surface area contributed by atoms with Gasteiger partial charge in [0.2, 0.25) is 0 Å². The highest BCUT2D eigenvalue weighted by atomic mass is 35.5. The minimum absolute atomic E-state index is 0.0703. The predicted molar refractivity (Wildman–Crippen MR) is 86.1 cm³/mol. The van der Waals surface area contributed by atoms with Crippen LogP contribution in [0.4, 0.5) is 13.2 Å². The quantitative estimate of drug-likeness (QED) is 0.780. The van der Waals surface area contributed by atoms with Gasteiger partial charge in [-0.1, -0.05) is 11.6 Å². The molecule has 0 fully saturated rings. The number of hydrogen-bond donors (Lipinski definition) is 2. The van der Waals surface area contributed by atoms with E-state index in [9.17, 15) is 13.2 Å². The van der Waals surface area contributed by atoms with Crippen molar-refractivity contribution in [3.63, 3.8) is 0 Å². The first-order valence-electron chi connectivity index (χ1n) is 7.13. The van der Waals surface area contributed by atoms with Crippen LogP contribution in [0.3, 0.4) is 0 Å². The standard InChI is InChI=1S/C10H14ClNO2.C6H4F3N/c11-9-7-8(3-4-10(9)13)14-6-2-1-5-12;7-6(8,9)5-2-1-3-10-4-5/h3-4,7,13H,1-2,5-6,12H2;1-4H. The monoisotopic (exact) mass is 362 g/mol. The second-order valence-electron chi connectivity index (χ2n) is 4.70. The Morgan fingerprint density at radius 2 is 1.96 bits per heavy atom. The molecule has 0 aliphatic carbocycles. The van der Waals surface area contributed by atoms with Crippen LogP contribution in [0.2, 0.25) is 5.02 Å². The van der Waals surface area contributed by atoms with Crippen LogP contribution >= 0.6 is 11.6 Å². The van der Waals surface area contributed by atoms with Crippen molar-refractivity contribution in [2.24, 2.45) is 5.73 Å². The summed E-state index contributed by atoms with van der Waals surface area (Å²) in [5, 5.41) is 9.46. The van der Waals surface area contributed by atoms with Crippen LogP contribution in [-0.2, 0) is 6.18 Å². The molecule has 4 nitrogen and oxygen atoms in total. The summed E-state index contributed by atoms with van der Waals surface area (Å²) in [7, 11) is 0. The van der Waals surface area contributed by atoms with Crippen LogP contribution in [0.25, 0.3) is 0 Å². The zero-order valence-corrected chi connectivity index (χ0v) is 13.5. The average Bonchev–Trinajstić information content (AvgIpc) is 2.55. The Bertz CT molecular complexity index is 610. The molecule has 3 N–H and O–H groups in total. The fraction of sp³-hybridized carbons (Fsp3) is 0.312. The molecule has 0 radical (unpaired) electrons. The number of ether oxygens (including phenoxy) is 1. The number of phenolic OH excluding ortho intramolecular Hbond substituents is 1. The molecule has 0 atom stereocenters. The Balaban J connectivity index is 0.000000254. The van der Waals surface area contributed by atoms with E-state index in [4.69, 9.17) is 27.2 Å². The lowest BCUT2D eigenvalue weighted by Crippen LogP contribution is -2.04. The van der Waals surface area contributed by atoms with Crippen LogP contribution < -0.4 is 10.5 Å². The largest absolute Gasteiger partial charge is 0.506 e. The van der Waals surface area contributed by atoms with Crippen molar-refractivity contribution in [1.29, 1.82) is 0 Å². The number of nitrogens with zero attached hydrogens (tertiary/aromatic N) is 1. The molecule has 1 aromatic heterocycles. The molecule has 0 spiro atoms. The van der Waals surface area contributed by atoms with Gasteiger partial charge in [-0.05, 0) is 43.7 Å². The molecule has 0 aliphatic heterocycles. The first-order valence-corrected chi connectivity index (χ1v) is 7.51. The van der Waals surface area contributed by atoms with E-state index in [0.717, 1.165) is 25.1 Å². The van der Waals surface area contributed by atoms with E-state index in [1.807, 2.05) is 0 Å². The highest BCUT2D eigenvalue weighted by Gasteiger charge is 2.30. The van der Waals surface area contributed by atoms with Gasteiger partial charge in [-0.2, -0.15) is 13.2 Å². The Hall–Kier alpha value is -1.99. The Morgan fingerprint density at radius 1 is 1.21 bits per heavy atom. The number of aromatic nitrogens is 1. The molecule has 0 bridgehead atoms. The Morgan fingerprint density at radius 3 is 2.46 bits per heavy atom. The molecule has 0 unspecified atom stereocenters. The third-order valence-corrected chi connectivity index (χ3v) is 3.08. The average molecular weight is 363 g/mol. The van der Waals surface area contributed by atoms with Gasteiger partial charge in [-0.3, -0.25) is 4.98 Å². The number of alkyl halides is 3. The van der Waals surface area contributed by atoms with Gasteiger partial charge in [0.1, 0.15) is 11.5 Å². The van der Waals surface area contributed by atoms with E-state index >= 15 is 0 Å². The molecule has 2 rings (SSSR count). The van der Waals surface area contributed by atoms with Crippen molar-refractivity contribution in [1.82, 2.24) is 4.98 Å². The topological polar surface area (TPSA) is 68.4 Å². The van der Waals surface area contributed by atoms with Crippen LogP contribution in [0.1, 0.15) is 18.4 Å². The molecule has 1 heterocycles. The zero-order valence-electron chi connectivity index (χ0n) is 12.8. The van der Waals surface area contributed by atoms with Crippen molar-refractivity contribution in [3.05, 3.63) is 53.3 Å². The highest BCUT2D eigenvalue weighted by Crippen LogP contribution is 2.28. The zero-order chi connectivity index (χ0) is 18.0. The minimum Gasteiger partial charge on any atom is -0.506 e. The number of unbranched alkanes of at least 4 members (excludes halogenated alkanes) is 1. The summed E-state index contributed by atoms with van der Waals surface area (Å²) in [5.41, 5.74) is 4.63. The van der Waals surface area contributed by atoms with Crippen molar-refractivity contribution in [2.45, 2.75) is 19.0 Å². The second kappa shape index (κ2) is 10.00. The molecule has 2 aromatic rings. The van der Waals surface area contributed by atoms with Crippen LogP contribution in [-0.4, -0.2) is 23.2 Å². The van der Waals surface area contributed by atoms with Crippen molar-refractivity contribution in [3.8, 4) is 11.5 Å². The van der Waals surface area contributed by atoms with Gasteiger partial charge in [-0.15, -0.1) is 0 Å². The molecule has 8 heteroatoms. The number of benzene rings is 1. The number of nitrogens with two attached hydrogens (primary N) is 1. The van der Waals surface area contributed by atoms with Gasteiger partial charge in [0.25, 0.3) is 0 Å². The fourth-order valence-corrected chi connectivity index (χ4v) is 1.71. The number of aromatic hydroxyl groups is 1. The van der Waals surface area contributed by atoms with Crippen LogP contribution in [0.5, 0.6) is 11.5 Å². The maximum Gasteiger partial charge on any atom is 0.417 e. The lowest BCUT2D eigenvalue weighted by molar-refractivity contribution is -0.137. The van der Waals surface area contributed by atoms with Gasteiger partial charge in [0, 0.05) is 18.5 Å².